The molecule has 1 aliphatic carbocycles. The van der Waals surface area contributed by atoms with Crippen molar-refractivity contribution in [3.05, 3.63) is 53.4 Å². The zero-order chi connectivity index (χ0) is 17.6. The molecule has 1 amide bonds. The van der Waals surface area contributed by atoms with Crippen molar-refractivity contribution in [1.82, 2.24) is 19.9 Å². The Hall–Kier alpha value is -2.84. The molecule has 1 saturated carbocycles. The smallest absolute Gasteiger partial charge is 0.433 e. The Morgan fingerprint density at radius 2 is 2.20 bits per heavy atom. The van der Waals surface area contributed by atoms with E-state index in [0.29, 0.717) is 16.0 Å². The fourth-order valence-corrected chi connectivity index (χ4v) is 2.61. The molecule has 1 N–H and O–H groups in total. The lowest BCUT2D eigenvalue weighted by Crippen LogP contribution is -2.23. The fraction of sp³-hybridized carbons (Fsp3) is 0.312. The zero-order valence-corrected chi connectivity index (χ0v) is 12.9. The first-order valence-electron chi connectivity index (χ1n) is 7.70. The molecule has 0 aliphatic heterocycles. The number of furan rings is 1. The number of amides is 1. The Morgan fingerprint density at radius 3 is 2.84 bits per heavy atom. The molecule has 3 heterocycles. The van der Waals surface area contributed by atoms with Crippen molar-refractivity contribution in [2.24, 2.45) is 0 Å². The molecule has 3 aromatic heterocycles. The van der Waals surface area contributed by atoms with E-state index in [1.165, 1.54) is 6.26 Å². The maximum Gasteiger partial charge on any atom is 0.433 e. The minimum atomic E-state index is -4.58. The van der Waals surface area contributed by atoms with Gasteiger partial charge in [0.25, 0.3) is 5.91 Å². The number of hydrogen-bond acceptors (Lipinski definition) is 4. The topological polar surface area (TPSA) is 72.4 Å². The second-order valence-corrected chi connectivity index (χ2v) is 5.89. The molecular weight excluding hydrogens is 337 g/mol. The number of rotatable bonds is 4. The second kappa shape index (κ2) is 5.61. The summed E-state index contributed by atoms with van der Waals surface area (Å²) >= 11 is 0. The average Bonchev–Trinajstić information content (AvgIpc) is 3.12. The first-order chi connectivity index (χ1) is 11.9. The lowest BCUT2D eigenvalue weighted by atomic mass is 10.2. The molecule has 1 aliphatic rings. The molecule has 9 heteroatoms. The first-order valence-corrected chi connectivity index (χ1v) is 7.70. The molecule has 0 spiro atoms. The van der Waals surface area contributed by atoms with Gasteiger partial charge in [-0.05, 0) is 31.0 Å². The van der Waals surface area contributed by atoms with Gasteiger partial charge in [0.05, 0.1) is 19.0 Å². The summed E-state index contributed by atoms with van der Waals surface area (Å²) < 4.78 is 45.8. The van der Waals surface area contributed by atoms with E-state index >= 15 is 0 Å². The molecule has 0 unspecified atom stereocenters. The van der Waals surface area contributed by atoms with Gasteiger partial charge in [0, 0.05) is 11.6 Å². The molecule has 25 heavy (non-hydrogen) atoms. The number of carbonyl (C=O) groups is 1. The third-order valence-corrected chi connectivity index (χ3v) is 4.03. The molecule has 0 saturated heterocycles. The number of aromatic nitrogens is 3. The number of carbonyl (C=O) groups excluding carboxylic acids is 1. The van der Waals surface area contributed by atoms with Gasteiger partial charge in [-0.1, -0.05) is 0 Å². The van der Waals surface area contributed by atoms with Gasteiger partial charge in [-0.2, -0.15) is 18.3 Å². The molecule has 0 radical (unpaired) electrons. The van der Waals surface area contributed by atoms with Crippen LogP contribution in [0.5, 0.6) is 0 Å². The Morgan fingerprint density at radius 1 is 1.40 bits per heavy atom. The Labute approximate surface area is 139 Å². The quantitative estimate of drug-likeness (QED) is 0.785. The van der Waals surface area contributed by atoms with Crippen LogP contribution in [0.3, 0.4) is 0 Å². The minimum Gasteiger partial charge on any atom is -0.467 e. The maximum absolute atomic E-state index is 13.3. The summed E-state index contributed by atoms with van der Waals surface area (Å²) in [5.74, 6) is -0.00701. The number of nitrogens with zero attached hydrogens (tertiary/aromatic N) is 3. The van der Waals surface area contributed by atoms with E-state index in [1.54, 1.807) is 12.1 Å². The summed E-state index contributed by atoms with van der Waals surface area (Å²) in [7, 11) is 0. The minimum absolute atomic E-state index is 0.000411. The van der Waals surface area contributed by atoms with Gasteiger partial charge >= 0.3 is 6.18 Å². The van der Waals surface area contributed by atoms with Crippen LogP contribution in [0.15, 0.2) is 35.1 Å². The van der Waals surface area contributed by atoms with E-state index in [1.807, 2.05) is 0 Å². The molecule has 4 rings (SSSR count). The number of halogens is 3. The SMILES string of the molecule is O=C(NCc1ccco1)c1cnn2c(C(F)(F)F)cc(C3CC3)nc12. The normalized spacial score (nSPS) is 14.8. The maximum atomic E-state index is 13.3. The third-order valence-electron chi connectivity index (χ3n) is 4.03. The third kappa shape index (κ3) is 2.97. The highest BCUT2D eigenvalue weighted by molar-refractivity contribution is 5.99. The van der Waals surface area contributed by atoms with Gasteiger partial charge in [-0.25, -0.2) is 9.50 Å². The van der Waals surface area contributed by atoms with E-state index in [4.69, 9.17) is 4.42 Å². The predicted octanol–water partition coefficient (Wildman–Crippen LogP) is 3.15. The van der Waals surface area contributed by atoms with Crippen molar-refractivity contribution in [1.29, 1.82) is 0 Å². The molecule has 1 fully saturated rings. The highest BCUT2D eigenvalue weighted by Gasteiger charge is 2.37. The van der Waals surface area contributed by atoms with Crippen LogP contribution in [0.25, 0.3) is 5.65 Å². The predicted molar refractivity (Wildman–Crippen MR) is 79.8 cm³/mol. The largest absolute Gasteiger partial charge is 0.467 e. The summed E-state index contributed by atoms with van der Waals surface area (Å²) in [5.41, 5.74) is -0.668. The monoisotopic (exact) mass is 350 g/mol. The van der Waals surface area contributed by atoms with Crippen molar-refractivity contribution in [2.45, 2.75) is 31.5 Å². The summed E-state index contributed by atoms with van der Waals surface area (Å²) in [6, 6.07) is 4.37. The summed E-state index contributed by atoms with van der Waals surface area (Å²) in [6.07, 6.45) is -0.413. The van der Waals surface area contributed by atoms with E-state index in [0.717, 1.165) is 25.1 Å². The molecule has 0 atom stereocenters. The lowest BCUT2D eigenvalue weighted by Gasteiger charge is -2.11. The summed E-state index contributed by atoms with van der Waals surface area (Å²) in [5, 5.41) is 6.32. The van der Waals surface area contributed by atoms with E-state index in [-0.39, 0.29) is 23.7 Å². The number of fused-ring (bicyclic) bond motifs is 1. The molecule has 0 bridgehead atoms. The van der Waals surface area contributed by atoms with E-state index in [2.05, 4.69) is 15.4 Å². The van der Waals surface area contributed by atoms with Gasteiger partial charge in [0.1, 0.15) is 17.0 Å². The number of hydrogen-bond donors (Lipinski definition) is 1. The Bertz CT molecular complexity index is 927. The zero-order valence-electron chi connectivity index (χ0n) is 12.9. The van der Waals surface area contributed by atoms with Crippen LogP contribution in [-0.2, 0) is 12.7 Å². The Kier molecular flexibility index (Phi) is 3.52. The number of nitrogens with one attached hydrogen (secondary N) is 1. The summed E-state index contributed by atoms with van der Waals surface area (Å²) in [4.78, 5) is 16.6. The Balaban J connectivity index is 1.72. The van der Waals surface area contributed by atoms with Gasteiger partial charge in [-0.3, -0.25) is 4.79 Å². The van der Waals surface area contributed by atoms with Crippen molar-refractivity contribution in [3.63, 3.8) is 0 Å². The molecule has 6 nitrogen and oxygen atoms in total. The lowest BCUT2D eigenvalue weighted by molar-refractivity contribution is -0.142. The van der Waals surface area contributed by atoms with Crippen molar-refractivity contribution < 1.29 is 22.4 Å². The van der Waals surface area contributed by atoms with Crippen LogP contribution in [0.4, 0.5) is 13.2 Å². The van der Waals surface area contributed by atoms with Gasteiger partial charge in [0.15, 0.2) is 5.65 Å². The molecule has 3 aromatic rings. The highest BCUT2D eigenvalue weighted by atomic mass is 19.4. The van der Waals surface area contributed by atoms with E-state index in [9.17, 15) is 18.0 Å². The molecule has 0 aromatic carbocycles. The highest BCUT2D eigenvalue weighted by Crippen LogP contribution is 2.41. The van der Waals surface area contributed by atoms with Gasteiger partial charge in [0.2, 0.25) is 0 Å². The van der Waals surface area contributed by atoms with Crippen LogP contribution in [0, 0.1) is 0 Å². The van der Waals surface area contributed by atoms with Crippen molar-refractivity contribution in [2.75, 3.05) is 0 Å². The van der Waals surface area contributed by atoms with Crippen molar-refractivity contribution >= 4 is 11.6 Å². The molecule has 130 valence electrons. The van der Waals surface area contributed by atoms with Crippen LogP contribution in [0.1, 0.15) is 46.3 Å². The second-order valence-electron chi connectivity index (χ2n) is 5.89. The van der Waals surface area contributed by atoms with Gasteiger partial charge < -0.3 is 9.73 Å². The standard InChI is InChI=1S/C16H13F3N4O2/c17-16(18,19)13-6-12(9-3-4-9)22-14-11(8-21-23(13)14)15(24)20-7-10-2-1-5-25-10/h1-2,5-6,8-9H,3-4,7H2,(H,20,24). The van der Waals surface area contributed by atoms with Crippen LogP contribution in [0.2, 0.25) is 0 Å². The van der Waals surface area contributed by atoms with Crippen LogP contribution >= 0.6 is 0 Å². The van der Waals surface area contributed by atoms with Crippen molar-refractivity contribution in [3.8, 4) is 0 Å². The van der Waals surface area contributed by atoms with Gasteiger partial charge in [-0.15, -0.1) is 0 Å². The van der Waals surface area contributed by atoms with E-state index < -0.39 is 17.8 Å². The fourth-order valence-electron chi connectivity index (χ4n) is 2.61. The summed E-state index contributed by atoms with van der Waals surface area (Å²) in [6.45, 7) is 0.123. The number of alkyl halides is 3. The molecular formula is C16H13F3N4O2. The average molecular weight is 350 g/mol. The van der Waals surface area contributed by atoms with Crippen LogP contribution in [-0.4, -0.2) is 20.5 Å². The van der Waals surface area contributed by atoms with Crippen LogP contribution < -0.4 is 5.32 Å². The first kappa shape index (κ1) is 15.7.